The van der Waals surface area contributed by atoms with Gasteiger partial charge in [-0.25, -0.2) is 0 Å². The molecule has 0 aromatic rings. The molecule has 0 aliphatic rings. The Morgan fingerprint density at radius 3 is 2.36 bits per heavy atom. The van der Waals surface area contributed by atoms with Crippen molar-refractivity contribution in [2.24, 2.45) is 0 Å². The number of rotatable bonds is 9. The minimum Gasteiger partial charge on any atom is -0.284 e. The second kappa shape index (κ2) is 9.62. The van der Waals surface area contributed by atoms with Crippen molar-refractivity contribution in [2.75, 3.05) is 0 Å². The van der Waals surface area contributed by atoms with Crippen LogP contribution in [0.25, 0.3) is 0 Å². The summed E-state index contributed by atoms with van der Waals surface area (Å²) in [6.07, 6.45) is 7.73. The van der Waals surface area contributed by atoms with E-state index in [1.807, 2.05) is 6.92 Å². The fraction of sp³-hybridized carbons (Fsp3) is 1.00. The Kier molecular flexibility index (Phi) is 9.67. The van der Waals surface area contributed by atoms with Crippen molar-refractivity contribution < 1.29 is 12.9 Å². The summed E-state index contributed by atoms with van der Waals surface area (Å²) in [5.74, 6) is 0. The lowest BCUT2D eigenvalue weighted by molar-refractivity contribution is 0.185. The molecule has 0 aliphatic heterocycles. The van der Waals surface area contributed by atoms with Crippen LogP contribution in [-0.4, -0.2) is 14.9 Å². The minimum absolute atomic E-state index is 0.0533. The molecule has 14 heavy (non-hydrogen) atoms. The molecule has 0 fully saturated rings. The van der Waals surface area contributed by atoms with Gasteiger partial charge in [-0.15, -0.1) is 0 Å². The second-order valence-electron chi connectivity index (χ2n) is 3.55. The van der Waals surface area contributed by atoms with Crippen LogP contribution in [0, 0.1) is 0 Å². The van der Waals surface area contributed by atoms with Crippen LogP contribution in [0.4, 0.5) is 0 Å². The maximum Gasteiger partial charge on any atom is 0.302 e. The summed E-state index contributed by atoms with van der Waals surface area (Å²) in [6, 6.07) is 0. The van der Waals surface area contributed by atoms with E-state index in [2.05, 4.69) is 6.92 Å². The first-order valence-electron chi connectivity index (χ1n) is 5.48. The maximum absolute atomic E-state index is 10.4. The van der Waals surface area contributed by atoms with Crippen LogP contribution in [0.15, 0.2) is 0 Å². The fourth-order valence-corrected chi connectivity index (χ4v) is 1.88. The molecule has 0 rings (SSSR count). The Hall–Kier alpha value is 0.0700. The molecule has 2 unspecified atom stereocenters. The highest BCUT2D eigenvalue weighted by molar-refractivity contribution is 7.74. The van der Waals surface area contributed by atoms with E-state index in [0.717, 1.165) is 19.3 Å². The number of hydrogen-bond acceptors (Lipinski definition) is 2. The Balaban J connectivity index is 3.38. The zero-order valence-electron chi connectivity index (χ0n) is 9.20. The number of hydrogen-bond donors (Lipinski definition) is 1. The van der Waals surface area contributed by atoms with E-state index in [1.165, 1.54) is 25.7 Å². The van der Waals surface area contributed by atoms with Crippen LogP contribution >= 0.6 is 0 Å². The first-order chi connectivity index (χ1) is 6.70. The summed E-state index contributed by atoms with van der Waals surface area (Å²) < 4.78 is 23.8. The van der Waals surface area contributed by atoms with Crippen LogP contribution in [-0.2, 0) is 15.5 Å². The molecule has 0 radical (unpaired) electrons. The van der Waals surface area contributed by atoms with Gasteiger partial charge in [0.2, 0.25) is 0 Å². The molecule has 3 nitrogen and oxygen atoms in total. The van der Waals surface area contributed by atoms with Gasteiger partial charge in [0.05, 0.1) is 6.10 Å². The van der Waals surface area contributed by atoms with Gasteiger partial charge in [0.25, 0.3) is 0 Å². The molecular weight excluding hydrogens is 200 g/mol. The monoisotopic (exact) mass is 222 g/mol. The topological polar surface area (TPSA) is 46.5 Å². The third kappa shape index (κ3) is 8.66. The summed E-state index contributed by atoms with van der Waals surface area (Å²) in [6.45, 7) is 4.16. The molecule has 0 saturated carbocycles. The average Bonchev–Trinajstić information content (AvgIpc) is 2.15. The first kappa shape index (κ1) is 14.1. The van der Waals surface area contributed by atoms with Gasteiger partial charge < -0.3 is 0 Å². The summed E-state index contributed by atoms with van der Waals surface area (Å²) in [5, 5.41) is 0. The second-order valence-corrected chi connectivity index (χ2v) is 4.17. The molecule has 0 amide bonds. The summed E-state index contributed by atoms with van der Waals surface area (Å²) >= 11 is -2.10. The molecule has 0 bridgehead atoms. The highest BCUT2D eigenvalue weighted by atomic mass is 32.2. The molecule has 0 aromatic carbocycles. The first-order valence-corrected chi connectivity index (χ1v) is 6.51. The van der Waals surface area contributed by atoms with Gasteiger partial charge >= 0.3 is 11.4 Å². The lowest BCUT2D eigenvalue weighted by Crippen LogP contribution is -2.12. The minimum atomic E-state index is -2.10. The summed E-state index contributed by atoms with van der Waals surface area (Å²) in [5.41, 5.74) is 0. The molecular formula is C10H22O3S. The van der Waals surface area contributed by atoms with Gasteiger partial charge in [-0.1, -0.05) is 46.0 Å². The molecule has 4 heteroatoms. The predicted molar refractivity (Wildman–Crippen MR) is 59.3 cm³/mol. The molecule has 86 valence electrons. The normalized spacial score (nSPS) is 15.4. The molecule has 2 atom stereocenters. The molecule has 0 heterocycles. The smallest absolute Gasteiger partial charge is 0.284 e. The molecule has 1 N–H and O–H groups in total. The fourth-order valence-electron chi connectivity index (χ4n) is 1.41. The van der Waals surface area contributed by atoms with Crippen molar-refractivity contribution in [1.82, 2.24) is 0 Å². The lowest BCUT2D eigenvalue weighted by atomic mass is 10.1. The van der Waals surface area contributed by atoms with Gasteiger partial charge in [-0.05, 0) is 12.8 Å². The van der Waals surface area contributed by atoms with Crippen molar-refractivity contribution in [3.8, 4) is 0 Å². The van der Waals surface area contributed by atoms with Crippen molar-refractivity contribution in [1.29, 1.82) is 0 Å². The van der Waals surface area contributed by atoms with Crippen molar-refractivity contribution >= 4 is 11.4 Å². The quantitative estimate of drug-likeness (QED) is 0.481. The standard InChI is InChI=1S/C10H22O3S/c1-3-5-6-7-8-9-10(4-2)13-14(11)12/h10H,3-9H2,1-2H3,(H,11,12). The molecule has 0 spiro atoms. The molecule has 0 saturated heterocycles. The predicted octanol–water partition coefficient (Wildman–Crippen LogP) is 3.28. The van der Waals surface area contributed by atoms with E-state index >= 15 is 0 Å². The number of unbranched alkanes of at least 4 members (excludes halogenated alkanes) is 4. The maximum atomic E-state index is 10.4. The van der Waals surface area contributed by atoms with Gasteiger partial charge in [0.1, 0.15) is 0 Å². The van der Waals surface area contributed by atoms with Crippen LogP contribution in [0.5, 0.6) is 0 Å². The van der Waals surface area contributed by atoms with E-state index in [1.54, 1.807) is 0 Å². The van der Waals surface area contributed by atoms with Crippen molar-refractivity contribution in [2.45, 2.75) is 64.9 Å². The van der Waals surface area contributed by atoms with Crippen LogP contribution in [0.2, 0.25) is 0 Å². The third-order valence-electron chi connectivity index (χ3n) is 2.30. The van der Waals surface area contributed by atoms with E-state index in [9.17, 15) is 4.21 Å². The van der Waals surface area contributed by atoms with Crippen molar-refractivity contribution in [3.63, 3.8) is 0 Å². The zero-order valence-corrected chi connectivity index (χ0v) is 10.0. The van der Waals surface area contributed by atoms with E-state index in [-0.39, 0.29) is 6.10 Å². The van der Waals surface area contributed by atoms with Gasteiger partial charge in [-0.3, -0.25) is 8.74 Å². The third-order valence-corrected chi connectivity index (χ3v) is 2.74. The van der Waals surface area contributed by atoms with Gasteiger partial charge in [-0.2, -0.15) is 4.21 Å². The Morgan fingerprint density at radius 1 is 1.21 bits per heavy atom. The average molecular weight is 222 g/mol. The van der Waals surface area contributed by atoms with E-state index < -0.39 is 11.4 Å². The zero-order chi connectivity index (χ0) is 10.8. The van der Waals surface area contributed by atoms with Crippen LogP contribution < -0.4 is 0 Å². The van der Waals surface area contributed by atoms with E-state index in [4.69, 9.17) is 8.74 Å². The summed E-state index contributed by atoms with van der Waals surface area (Å²) in [7, 11) is 0. The van der Waals surface area contributed by atoms with E-state index in [0.29, 0.717) is 0 Å². The lowest BCUT2D eigenvalue weighted by Gasteiger charge is -2.11. The highest BCUT2D eigenvalue weighted by Crippen LogP contribution is 2.12. The largest absolute Gasteiger partial charge is 0.302 e. The Labute approximate surface area is 89.7 Å². The summed E-state index contributed by atoms with van der Waals surface area (Å²) in [4.78, 5) is 0. The molecule has 0 aromatic heterocycles. The van der Waals surface area contributed by atoms with Crippen LogP contribution in [0.3, 0.4) is 0 Å². The SMILES string of the molecule is CCCCCCCC(CC)OS(=O)O. The Morgan fingerprint density at radius 2 is 1.86 bits per heavy atom. The van der Waals surface area contributed by atoms with Gasteiger partial charge in [0.15, 0.2) is 0 Å². The van der Waals surface area contributed by atoms with Crippen LogP contribution in [0.1, 0.15) is 58.8 Å². The van der Waals surface area contributed by atoms with Crippen molar-refractivity contribution in [3.05, 3.63) is 0 Å². The Bertz CT molecular complexity index is 150. The van der Waals surface area contributed by atoms with Gasteiger partial charge in [0, 0.05) is 0 Å². The molecule has 0 aliphatic carbocycles. The highest BCUT2D eigenvalue weighted by Gasteiger charge is 2.09.